The van der Waals surface area contributed by atoms with Gasteiger partial charge in [0.25, 0.3) is 5.91 Å². The van der Waals surface area contributed by atoms with E-state index in [1.807, 2.05) is 68.4 Å². The summed E-state index contributed by atoms with van der Waals surface area (Å²) in [6.07, 6.45) is 1.77. The predicted molar refractivity (Wildman–Crippen MR) is 115 cm³/mol. The van der Waals surface area contributed by atoms with Gasteiger partial charge in [-0.25, -0.2) is 4.98 Å². The van der Waals surface area contributed by atoms with Gasteiger partial charge in [-0.3, -0.25) is 4.79 Å². The quantitative estimate of drug-likeness (QED) is 0.482. The van der Waals surface area contributed by atoms with Crippen LogP contribution < -0.4 is 5.32 Å². The Labute approximate surface area is 174 Å². The van der Waals surface area contributed by atoms with Crippen LogP contribution in [-0.4, -0.2) is 36.1 Å². The molecule has 1 amide bonds. The number of rotatable bonds is 6. The highest BCUT2D eigenvalue weighted by atomic mass is 16.2. The Morgan fingerprint density at radius 1 is 1.10 bits per heavy atom. The molecule has 4 rings (SSSR count). The monoisotopic (exact) mass is 401 g/mol. The van der Waals surface area contributed by atoms with Crippen LogP contribution >= 0.6 is 0 Å². The van der Waals surface area contributed by atoms with Crippen molar-refractivity contribution in [1.82, 2.24) is 35.5 Å². The molecule has 0 aliphatic carbocycles. The normalized spacial score (nSPS) is 13.0. The lowest BCUT2D eigenvalue weighted by molar-refractivity contribution is -0.117. The second-order valence-electron chi connectivity index (χ2n) is 7.41. The second kappa shape index (κ2) is 8.28. The highest BCUT2D eigenvalue weighted by Gasteiger charge is 2.25. The number of fused-ring (bicyclic) bond motifs is 1. The van der Waals surface area contributed by atoms with E-state index < -0.39 is 0 Å². The van der Waals surface area contributed by atoms with E-state index in [0.717, 1.165) is 16.6 Å². The van der Waals surface area contributed by atoms with Crippen molar-refractivity contribution in [2.24, 2.45) is 5.92 Å². The van der Waals surface area contributed by atoms with E-state index in [1.54, 1.807) is 13.0 Å². The summed E-state index contributed by atoms with van der Waals surface area (Å²) >= 11 is 0. The van der Waals surface area contributed by atoms with E-state index in [9.17, 15) is 4.79 Å². The number of hydrogen-bond acceptors (Lipinski definition) is 5. The number of tetrazole rings is 1. The smallest absolute Gasteiger partial charge is 0.270 e. The number of hydrogen-bond donors (Lipinski definition) is 2. The number of aromatic amines is 1. The maximum absolute atomic E-state index is 13.4. The summed E-state index contributed by atoms with van der Waals surface area (Å²) in [6.45, 7) is 5.84. The molecule has 0 radical (unpaired) electrons. The lowest BCUT2D eigenvalue weighted by atomic mass is 10.0. The number of benzene rings is 2. The van der Waals surface area contributed by atoms with Gasteiger partial charge in [-0.1, -0.05) is 56.3 Å². The Balaban J connectivity index is 1.69. The number of para-hydroxylation sites is 2. The molecule has 2 N–H and O–H groups in total. The molecule has 0 saturated carbocycles. The van der Waals surface area contributed by atoms with Crippen molar-refractivity contribution in [2.45, 2.75) is 26.8 Å². The fourth-order valence-corrected chi connectivity index (χ4v) is 3.27. The molecule has 0 fully saturated rings. The molecule has 0 bridgehead atoms. The van der Waals surface area contributed by atoms with Crippen LogP contribution in [0.4, 0.5) is 0 Å². The Kier molecular flexibility index (Phi) is 5.38. The van der Waals surface area contributed by atoms with E-state index in [0.29, 0.717) is 17.3 Å². The SMILES string of the molecule is Cc1nnnn1/C(=C\c1ccccc1)C(=O)NC(c1nc2ccccc2[nH]1)C(C)C. The van der Waals surface area contributed by atoms with E-state index in [1.165, 1.54) is 4.68 Å². The fraction of sp³-hybridized carbons (Fsp3) is 0.227. The van der Waals surface area contributed by atoms with Crippen LogP contribution in [-0.2, 0) is 4.79 Å². The number of H-pyrrole nitrogens is 1. The zero-order valence-corrected chi connectivity index (χ0v) is 17.1. The largest absolute Gasteiger partial charge is 0.340 e. The molecule has 2 heterocycles. The zero-order valence-electron chi connectivity index (χ0n) is 17.1. The first-order valence-corrected chi connectivity index (χ1v) is 9.80. The molecule has 4 aromatic rings. The molecule has 8 heteroatoms. The van der Waals surface area contributed by atoms with Crippen LogP contribution in [0.2, 0.25) is 0 Å². The number of imidazole rings is 1. The highest BCUT2D eigenvalue weighted by molar-refractivity contribution is 6.18. The third-order valence-corrected chi connectivity index (χ3v) is 4.84. The minimum absolute atomic E-state index is 0.113. The van der Waals surface area contributed by atoms with Gasteiger partial charge in [-0.2, -0.15) is 4.68 Å². The average Bonchev–Trinajstić information content (AvgIpc) is 3.36. The third-order valence-electron chi connectivity index (χ3n) is 4.84. The molecule has 2 aromatic heterocycles. The lowest BCUT2D eigenvalue weighted by Crippen LogP contribution is -2.34. The summed E-state index contributed by atoms with van der Waals surface area (Å²) in [6, 6.07) is 17.1. The second-order valence-corrected chi connectivity index (χ2v) is 7.41. The Morgan fingerprint density at radius 2 is 1.83 bits per heavy atom. The summed E-state index contributed by atoms with van der Waals surface area (Å²) in [5.41, 5.74) is 3.01. The number of carbonyl (C=O) groups excluding carboxylic acids is 1. The summed E-state index contributed by atoms with van der Waals surface area (Å²) < 4.78 is 1.44. The van der Waals surface area contributed by atoms with Gasteiger partial charge in [0.05, 0.1) is 17.1 Å². The van der Waals surface area contributed by atoms with Crippen molar-refractivity contribution in [3.8, 4) is 0 Å². The number of carbonyl (C=O) groups is 1. The van der Waals surface area contributed by atoms with Crippen LogP contribution in [0.3, 0.4) is 0 Å². The number of nitrogens with one attached hydrogen (secondary N) is 2. The van der Waals surface area contributed by atoms with Crippen molar-refractivity contribution in [2.75, 3.05) is 0 Å². The molecule has 0 aliphatic rings. The summed E-state index contributed by atoms with van der Waals surface area (Å²) in [5.74, 6) is 1.07. The molecule has 0 spiro atoms. The van der Waals surface area contributed by atoms with Gasteiger partial charge in [-0.05, 0) is 47.0 Å². The van der Waals surface area contributed by atoms with Crippen LogP contribution in [0.25, 0.3) is 22.8 Å². The van der Waals surface area contributed by atoms with Gasteiger partial charge in [-0.15, -0.1) is 5.10 Å². The maximum Gasteiger partial charge on any atom is 0.270 e. The molecule has 1 unspecified atom stereocenters. The van der Waals surface area contributed by atoms with Crippen LogP contribution in [0, 0.1) is 12.8 Å². The molecule has 8 nitrogen and oxygen atoms in total. The van der Waals surface area contributed by atoms with E-state index >= 15 is 0 Å². The first-order chi connectivity index (χ1) is 14.5. The topological polar surface area (TPSA) is 101 Å². The maximum atomic E-state index is 13.4. The Morgan fingerprint density at radius 3 is 2.50 bits per heavy atom. The third kappa shape index (κ3) is 3.98. The first kappa shape index (κ1) is 19.5. The average molecular weight is 401 g/mol. The van der Waals surface area contributed by atoms with Crippen LogP contribution in [0.1, 0.15) is 37.1 Å². The van der Waals surface area contributed by atoms with Gasteiger partial charge < -0.3 is 10.3 Å². The zero-order chi connectivity index (χ0) is 21.1. The van der Waals surface area contributed by atoms with Gasteiger partial charge in [0.2, 0.25) is 0 Å². The van der Waals surface area contributed by atoms with Crippen LogP contribution in [0.5, 0.6) is 0 Å². The molecule has 1 atom stereocenters. The molecule has 30 heavy (non-hydrogen) atoms. The van der Waals surface area contributed by atoms with Crippen molar-refractivity contribution in [1.29, 1.82) is 0 Å². The number of amides is 1. The summed E-state index contributed by atoms with van der Waals surface area (Å²) in [5, 5.41) is 14.7. The van der Waals surface area contributed by atoms with E-state index in [2.05, 4.69) is 30.8 Å². The number of aromatic nitrogens is 6. The molecule has 0 saturated heterocycles. The minimum Gasteiger partial charge on any atom is -0.340 e. The van der Waals surface area contributed by atoms with E-state index in [4.69, 9.17) is 0 Å². The van der Waals surface area contributed by atoms with Crippen molar-refractivity contribution in [3.05, 3.63) is 71.8 Å². The van der Waals surface area contributed by atoms with E-state index in [-0.39, 0.29) is 17.9 Å². The highest BCUT2D eigenvalue weighted by Crippen LogP contribution is 2.23. The summed E-state index contributed by atoms with van der Waals surface area (Å²) in [4.78, 5) is 21.4. The summed E-state index contributed by atoms with van der Waals surface area (Å²) in [7, 11) is 0. The van der Waals surface area contributed by atoms with Gasteiger partial charge >= 0.3 is 0 Å². The Hall–Kier alpha value is -3.81. The van der Waals surface area contributed by atoms with Gasteiger partial charge in [0, 0.05) is 0 Å². The van der Waals surface area contributed by atoms with Crippen molar-refractivity contribution in [3.63, 3.8) is 0 Å². The number of nitrogens with zero attached hydrogens (tertiary/aromatic N) is 5. The fourth-order valence-electron chi connectivity index (χ4n) is 3.27. The lowest BCUT2D eigenvalue weighted by Gasteiger charge is -2.21. The number of aryl methyl sites for hydroxylation is 1. The van der Waals surface area contributed by atoms with Crippen molar-refractivity contribution >= 4 is 28.7 Å². The van der Waals surface area contributed by atoms with Crippen molar-refractivity contribution < 1.29 is 4.79 Å². The van der Waals surface area contributed by atoms with Gasteiger partial charge in [0.15, 0.2) is 5.82 Å². The van der Waals surface area contributed by atoms with Crippen LogP contribution in [0.15, 0.2) is 54.6 Å². The molecular weight excluding hydrogens is 378 g/mol. The standard InChI is InChI=1S/C22H23N7O/c1-14(2)20(21-23-17-11-7-8-12-18(17)24-21)25-22(30)19(29-15(3)26-27-28-29)13-16-9-5-4-6-10-16/h4-14,20H,1-3H3,(H,23,24)(H,25,30)/b19-13-. The minimum atomic E-state index is -0.305. The predicted octanol–water partition coefficient (Wildman–Crippen LogP) is 3.37. The first-order valence-electron chi connectivity index (χ1n) is 9.80. The molecule has 2 aromatic carbocycles. The Bertz CT molecular complexity index is 1160. The molecule has 0 aliphatic heterocycles. The van der Waals surface area contributed by atoms with Gasteiger partial charge in [0.1, 0.15) is 11.5 Å². The molecular formula is C22H23N7O. The molecule has 152 valence electrons.